The van der Waals surface area contributed by atoms with Crippen molar-refractivity contribution in [1.82, 2.24) is 0 Å². The molecule has 0 N–H and O–H groups in total. The minimum atomic E-state index is -0.763. The number of hydrogen-bond donors (Lipinski definition) is 0. The van der Waals surface area contributed by atoms with Crippen LogP contribution in [0.5, 0.6) is 0 Å². The van der Waals surface area contributed by atoms with Crippen molar-refractivity contribution >= 4 is 55.9 Å². The summed E-state index contributed by atoms with van der Waals surface area (Å²) in [7, 11) is -3.05. The van der Waals surface area contributed by atoms with Gasteiger partial charge in [-0.05, 0) is 0 Å². The van der Waals surface area contributed by atoms with Crippen LogP contribution in [0.1, 0.15) is 55.4 Å². The van der Waals surface area contributed by atoms with Gasteiger partial charge in [-0.3, -0.25) is 0 Å². The zero-order valence-corrected chi connectivity index (χ0v) is 23.7. The zero-order chi connectivity index (χ0) is 19.7. The van der Waals surface area contributed by atoms with Crippen LogP contribution in [0.25, 0.3) is 0 Å². The SMILES string of the molecule is CC[SiH](CC)c1cc([SiH](CC)CC)c([SiH](CC)CC)cc1[SiH](CC)CC. The molecular formula is C22H46Si4. The van der Waals surface area contributed by atoms with Gasteiger partial charge in [0.15, 0.2) is 0 Å². The summed E-state index contributed by atoms with van der Waals surface area (Å²) in [5, 5.41) is 7.75. The van der Waals surface area contributed by atoms with Crippen LogP contribution in [0.4, 0.5) is 0 Å². The molecule has 0 fully saturated rings. The van der Waals surface area contributed by atoms with Crippen molar-refractivity contribution in [2.24, 2.45) is 0 Å². The van der Waals surface area contributed by atoms with Gasteiger partial charge in [0.1, 0.15) is 0 Å². The molecule has 1 aromatic carbocycles. The van der Waals surface area contributed by atoms with Crippen LogP contribution in [0.15, 0.2) is 12.1 Å². The van der Waals surface area contributed by atoms with E-state index in [4.69, 9.17) is 0 Å². The van der Waals surface area contributed by atoms with Gasteiger partial charge >= 0.3 is 0 Å². The van der Waals surface area contributed by atoms with Crippen LogP contribution < -0.4 is 20.7 Å². The Morgan fingerprint density at radius 3 is 0.654 bits per heavy atom. The lowest BCUT2D eigenvalue weighted by molar-refractivity contribution is 1.31. The van der Waals surface area contributed by atoms with Crippen molar-refractivity contribution in [1.29, 1.82) is 0 Å². The molecule has 0 amide bonds. The van der Waals surface area contributed by atoms with E-state index < -0.39 is 35.2 Å². The fourth-order valence-corrected chi connectivity index (χ4v) is 17.9. The molecule has 1 aromatic rings. The molecule has 0 spiro atoms. The van der Waals surface area contributed by atoms with Gasteiger partial charge in [0.2, 0.25) is 0 Å². The Morgan fingerprint density at radius 2 is 0.538 bits per heavy atom. The molecule has 1 rings (SSSR count). The van der Waals surface area contributed by atoms with E-state index in [1.165, 1.54) is 48.4 Å². The second-order valence-electron chi connectivity index (χ2n) is 8.16. The van der Waals surface area contributed by atoms with Gasteiger partial charge in [0.25, 0.3) is 0 Å². The van der Waals surface area contributed by atoms with E-state index in [1.54, 1.807) is 0 Å². The molecular weight excluding hydrogens is 377 g/mol. The van der Waals surface area contributed by atoms with E-state index in [0.717, 1.165) is 0 Å². The molecule has 0 bridgehead atoms. The Labute approximate surface area is 171 Å². The lowest BCUT2D eigenvalue weighted by Gasteiger charge is -2.29. The minimum absolute atomic E-state index is 0.763. The average Bonchev–Trinajstić information content (AvgIpc) is 2.67. The molecule has 0 nitrogen and oxygen atoms in total. The van der Waals surface area contributed by atoms with Crippen molar-refractivity contribution in [2.75, 3.05) is 0 Å². The summed E-state index contributed by atoms with van der Waals surface area (Å²) in [5.74, 6) is 0. The Hall–Kier alpha value is 0.0875. The lowest BCUT2D eigenvalue weighted by Crippen LogP contribution is -2.58. The van der Waals surface area contributed by atoms with Crippen molar-refractivity contribution in [3.8, 4) is 0 Å². The number of benzene rings is 1. The summed E-state index contributed by atoms with van der Waals surface area (Å²) in [5.41, 5.74) is 0. The smallest absolute Gasteiger partial charge is 0.0677 e. The van der Waals surface area contributed by atoms with Crippen LogP contribution in [0, 0.1) is 0 Å². The summed E-state index contributed by atoms with van der Waals surface area (Å²) < 4.78 is 0. The third-order valence-electron chi connectivity index (χ3n) is 6.99. The Balaban J connectivity index is 3.73. The van der Waals surface area contributed by atoms with Gasteiger partial charge in [-0.2, -0.15) is 0 Å². The van der Waals surface area contributed by atoms with Gasteiger partial charge in [0, 0.05) is 0 Å². The monoisotopic (exact) mass is 422 g/mol. The molecule has 0 radical (unpaired) electrons. The third-order valence-corrected chi connectivity index (χ3v) is 21.1. The fraction of sp³-hybridized carbons (Fsp3) is 0.727. The van der Waals surface area contributed by atoms with Gasteiger partial charge < -0.3 is 0 Å². The molecule has 150 valence electrons. The normalized spacial score (nSPS) is 12.2. The largest absolute Gasteiger partial charge is 0.0701 e. The standard InChI is InChI=1S/C22H46Si4/c1-9-23(10-2)19-17-21(25(13-5)14-6)22(26(15-7)16-8)18-20(19)24(11-3)12-4/h17-18,23-26H,9-16H2,1-8H3. The summed E-state index contributed by atoms with van der Waals surface area (Å²) in [4.78, 5) is 0. The second kappa shape index (κ2) is 12.5. The first-order valence-electron chi connectivity index (χ1n) is 11.7. The molecule has 0 aromatic heterocycles. The minimum Gasteiger partial charge on any atom is -0.0677 e. The quantitative estimate of drug-likeness (QED) is 0.452. The van der Waals surface area contributed by atoms with Crippen LogP contribution in [-0.2, 0) is 0 Å². The predicted molar refractivity (Wildman–Crippen MR) is 137 cm³/mol. The van der Waals surface area contributed by atoms with E-state index in [2.05, 4.69) is 67.5 Å². The first-order chi connectivity index (χ1) is 12.6. The van der Waals surface area contributed by atoms with Gasteiger partial charge in [0.05, 0.1) is 35.2 Å². The van der Waals surface area contributed by atoms with Crippen molar-refractivity contribution in [2.45, 2.75) is 104 Å². The summed E-state index contributed by atoms with van der Waals surface area (Å²) in [6.45, 7) is 19.7. The van der Waals surface area contributed by atoms with Crippen molar-refractivity contribution < 1.29 is 0 Å². The van der Waals surface area contributed by atoms with E-state index in [0.29, 0.717) is 0 Å². The highest BCUT2D eigenvalue weighted by Gasteiger charge is 2.26. The molecule has 26 heavy (non-hydrogen) atoms. The molecule has 0 atom stereocenters. The average molecular weight is 423 g/mol. The van der Waals surface area contributed by atoms with E-state index in [1.807, 2.05) is 20.7 Å². The summed E-state index contributed by atoms with van der Waals surface area (Å²) in [6.07, 6.45) is 0. The van der Waals surface area contributed by atoms with Gasteiger partial charge in [-0.25, -0.2) is 0 Å². The number of hydrogen-bond acceptors (Lipinski definition) is 0. The number of rotatable bonds is 12. The highest BCUT2D eigenvalue weighted by Crippen LogP contribution is 2.08. The molecule has 0 heterocycles. The van der Waals surface area contributed by atoms with E-state index >= 15 is 0 Å². The van der Waals surface area contributed by atoms with Crippen LogP contribution in [-0.4, -0.2) is 35.2 Å². The van der Waals surface area contributed by atoms with E-state index in [9.17, 15) is 0 Å². The first kappa shape index (κ1) is 24.1. The second-order valence-corrected chi connectivity index (χ2v) is 22.8. The van der Waals surface area contributed by atoms with Gasteiger partial charge in [-0.1, -0.05) is 137 Å². The Morgan fingerprint density at radius 1 is 0.385 bits per heavy atom. The van der Waals surface area contributed by atoms with Crippen LogP contribution in [0.3, 0.4) is 0 Å². The topological polar surface area (TPSA) is 0 Å². The van der Waals surface area contributed by atoms with Crippen LogP contribution >= 0.6 is 0 Å². The fourth-order valence-electron chi connectivity index (χ4n) is 5.00. The lowest BCUT2D eigenvalue weighted by atomic mass is 10.3. The highest BCUT2D eigenvalue weighted by molar-refractivity contribution is 6.88. The molecule has 0 saturated heterocycles. The van der Waals surface area contributed by atoms with Crippen molar-refractivity contribution in [3.05, 3.63) is 12.1 Å². The third kappa shape index (κ3) is 5.55. The highest BCUT2D eigenvalue weighted by atomic mass is 28.3. The van der Waals surface area contributed by atoms with E-state index in [-0.39, 0.29) is 0 Å². The molecule has 0 aliphatic rings. The summed E-state index contributed by atoms with van der Waals surface area (Å²) >= 11 is 0. The Bertz CT molecular complexity index is 423. The molecule has 0 saturated carbocycles. The predicted octanol–water partition coefficient (Wildman–Crippen LogP) is 3.58. The Kier molecular flexibility index (Phi) is 11.6. The van der Waals surface area contributed by atoms with Gasteiger partial charge in [-0.15, -0.1) is 0 Å². The molecule has 0 aliphatic heterocycles. The maximum atomic E-state index is 2.87. The first-order valence-corrected chi connectivity index (χ1v) is 20.6. The van der Waals surface area contributed by atoms with Crippen LogP contribution in [0.2, 0.25) is 48.4 Å². The molecule has 0 aliphatic carbocycles. The maximum Gasteiger partial charge on any atom is 0.0701 e. The maximum absolute atomic E-state index is 2.87. The molecule has 4 heteroatoms. The summed E-state index contributed by atoms with van der Waals surface area (Å²) in [6, 6.07) is 17.3. The van der Waals surface area contributed by atoms with Crippen molar-refractivity contribution in [3.63, 3.8) is 0 Å². The molecule has 0 unspecified atom stereocenters. The zero-order valence-electron chi connectivity index (χ0n) is 19.1.